The first kappa shape index (κ1) is 25.6. The molecule has 0 spiro atoms. The van der Waals surface area contributed by atoms with Crippen LogP contribution in [0.15, 0.2) is 78.2 Å². The van der Waals surface area contributed by atoms with Crippen molar-refractivity contribution in [1.29, 1.82) is 0 Å². The molecule has 0 fully saturated rings. The van der Waals surface area contributed by atoms with Crippen LogP contribution in [-0.2, 0) is 0 Å². The van der Waals surface area contributed by atoms with Gasteiger partial charge in [0.15, 0.2) is 0 Å². The molecule has 2 heterocycles. The van der Waals surface area contributed by atoms with Gasteiger partial charge >= 0.3 is 0 Å². The van der Waals surface area contributed by atoms with Gasteiger partial charge in [-0.1, -0.05) is 81.8 Å². The van der Waals surface area contributed by atoms with Crippen molar-refractivity contribution in [3.8, 4) is 28.2 Å². The van der Waals surface area contributed by atoms with Crippen molar-refractivity contribution in [2.75, 3.05) is 0 Å². The average molecular weight is 529 g/mol. The summed E-state index contributed by atoms with van der Waals surface area (Å²) in [5.41, 5.74) is 13.9. The minimum absolute atomic E-state index is 0.394. The molecular formula is C36H36N2S. The molecule has 0 aliphatic rings. The number of aromatic nitrogens is 2. The van der Waals surface area contributed by atoms with E-state index in [0.29, 0.717) is 11.8 Å². The monoisotopic (exact) mass is 528 g/mol. The van der Waals surface area contributed by atoms with E-state index >= 15 is 0 Å². The van der Waals surface area contributed by atoms with E-state index in [1.807, 2.05) is 0 Å². The number of imidazole rings is 1. The molecule has 0 saturated heterocycles. The Balaban J connectivity index is 1.67. The number of fused-ring (bicyclic) bond motifs is 2. The molecule has 0 radical (unpaired) electrons. The Bertz CT molecular complexity index is 1800. The average Bonchev–Trinajstić information content (AvgIpc) is 3.48. The topological polar surface area (TPSA) is 17.8 Å². The third-order valence-corrected chi connectivity index (χ3v) is 8.87. The zero-order valence-electron chi connectivity index (χ0n) is 24.0. The molecule has 0 bridgehead atoms. The predicted molar refractivity (Wildman–Crippen MR) is 170 cm³/mol. The molecule has 0 N–H and O–H groups in total. The van der Waals surface area contributed by atoms with E-state index in [4.69, 9.17) is 4.98 Å². The summed E-state index contributed by atoms with van der Waals surface area (Å²) in [5.74, 6) is 1.81. The Morgan fingerprint density at radius 2 is 1.41 bits per heavy atom. The van der Waals surface area contributed by atoms with Crippen LogP contribution in [0.3, 0.4) is 0 Å². The lowest BCUT2D eigenvalue weighted by Crippen LogP contribution is -2.08. The van der Waals surface area contributed by atoms with Crippen molar-refractivity contribution < 1.29 is 0 Å². The summed E-state index contributed by atoms with van der Waals surface area (Å²) in [6.07, 6.45) is 0. The van der Waals surface area contributed by atoms with Gasteiger partial charge in [-0.05, 0) is 90.3 Å². The van der Waals surface area contributed by atoms with Crippen LogP contribution in [0.5, 0.6) is 0 Å². The SMILES string of the molecule is Cc1cc(C)c(-c2ccc3scc(-c4nc5ccccc5n4-c4c(C(C)C)cccc4C(C)C)c3c2)c(C)c1. The second-order valence-electron chi connectivity index (χ2n) is 11.5. The Labute approximate surface area is 236 Å². The first-order valence-corrected chi connectivity index (χ1v) is 14.8. The van der Waals surface area contributed by atoms with Gasteiger partial charge in [-0.3, -0.25) is 4.57 Å². The lowest BCUT2D eigenvalue weighted by atomic mass is 9.92. The second-order valence-corrected chi connectivity index (χ2v) is 12.4. The molecule has 2 nitrogen and oxygen atoms in total. The van der Waals surface area contributed by atoms with E-state index in [9.17, 15) is 0 Å². The van der Waals surface area contributed by atoms with E-state index < -0.39 is 0 Å². The lowest BCUT2D eigenvalue weighted by molar-refractivity contribution is 0.811. The smallest absolute Gasteiger partial charge is 0.147 e. The van der Waals surface area contributed by atoms with Gasteiger partial charge in [0.1, 0.15) is 5.82 Å². The first-order valence-electron chi connectivity index (χ1n) is 13.9. The van der Waals surface area contributed by atoms with Crippen LogP contribution in [0.1, 0.15) is 67.3 Å². The molecule has 3 heteroatoms. The highest BCUT2D eigenvalue weighted by molar-refractivity contribution is 7.17. The van der Waals surface area contributed by atoms with Gasteiger partial charge in [0.25, 0.3) is 0 Å². The fraction of sp³-hybridized carbons (Fsp3) is 0.250. The van der Waals surface area contributed by atoms with Crippen molar-refractivity contribution in [3.05, 3.63) is 106 Å². The van der Waals surface area contributed by atoms with Gasteiger partial charge in [-0.25, -0.2) is 4.98 Å². The standard InChI is InChI=1S/C36H36N2S/c1-21(2)27-11-10-12-28(22(3)4)35(27)38-32-14-9-8-13-31(32)37-36(38)30-20-39-33-16-15-26(19-29(30)33)34-24(6)17-23(5)18-25(34)7/h8-22H,1-7H3. The van der Waals surface area contributed by atoms with Gasteiger partial charge in [0.05, 0.1) is 16.7 Å². The maximum Gasteiger partial charge on any atom is 0.147 e. The van der Waals surface area contributed by atoms with E-state index in [1.54, 1.807) is 11.3 Å². The second kappa shape index (κ2) is 9.81. The van der Waals surface area contributed by atoms with Crippen LogP contribution < -0.4 is 0 Å². The highest BCUT2D eigenvalue weighted by Gasteiger charge is 2.23. The summed E-state index contributed by atoms with van der Waals surface area (Å²) in [7, 11) is 0. The van der Waals surface area contributed by atoms with Crippen LogP contribution >= 0.6 is 11.3 Å². The van der Waals surface area contributed by atoms with Crippen LogP contribution in [0.4, 0.5) is 0 Å². The lowest BCUT2D eigenvalue weighted by Gasteiger charge is -2.22. The van der Waals surface area contributed by atoms with Gasteiger partial charge in [-0.2, -0.15) is 0 Å². The maximum atomic E-state index is 5.30. The zero-order valence-corrected chi connectivity index (χ0v) is 24.8. The zero-order chi connectivity index (χ0) is 27.4. The first-order chi connectivity index (χ1) is 18.7. The van der Waals surface area contributed by atoms with Crippen LogP contribution in [-0.4, -0.2) is 9.55 Å². The fourth-order valence-electron chi connectivity index (χ4n) is 6.20. The number of benzene rings is 4. The Hall–Kier alpha value is -3.69. The molecule has 6 rings (SSSR count). The molecule has 39 heavy (non-hydrogen) atoms. The summed E-state index contributed by atoms with van der Waals surface area (Å²) in [6, 6.07) is 26.9. The van der Waals surface area contributed by atoms with E-state index in [0.717, 1.165) is 16.9 Å². The summed E-state index contributed by atoms with van der Waals surface area (Å²) in [5, 5.41) is 3.56. The number of aryl methyl sites for hydroxylation is 3. The van der Waals surface area contributed by atoms with Gasteiger partial charge < -0.3 is 0 Å². The number of nitrogens with zero attached hydrogens (tertiary/aromatic N) is 2. The van der Waals surface area contributed by atoms with Crippen molar-refractivity contribution >= 4 is 32.5 Å². The van der Waals surface area contributed by atoms with E-state index in [-0.39, 0.29) is 0 Å². The fourth-order valence-corrected chi connectivity index (χ4v) is 7.12. The highest BCUT2D eigenvalue weighted by atomic mass is 32.1. The molecule has 0 saturated carbocycles. The van der Waals surface area contributed by atoms with Crippen LogP contribution in [0, 0.1) is 20.8 Å². The molecule has 0 aliphatic carbocycles. The van der Waals surface area contributed by atoms with Crippen LogP contribution in [0.2, 0.25) is 0 Å². The summed E-state index contributed by atoms with van der Waals surface area (Å²) in [6.45, 7) is 15.8. The molecular weight excluding hydrogens is 492 g/mol. The number of hydrogen-bond donors (Lipinski definition) is 0. The van der Waals surface area contributed by atoms with Crippen molar-refractivity contribution in [1.82, 2.24) is 9.55 Å². The number of rotatable bonds is 5. The minimum Gasteiger partial charge on any atom is -0.292 e. The molecule has 0 atom stereocenters. The third kappa shape index (κ3) is 4.30. The Morgan fingerprint density at radius 1 is 0.744 bits per heavy atom. The molecule has 6 aromatic rings. The molecule has 0 aliphatic heterocycles. The Morgan fingerprint density at radius 3 is 2.08 bits per heavy atom. The van der Waals surface area contributed by atoms with E-state index in [2.05, 4.69) is 131 Å². The summed E-state index contributed by atoms with van der Waals surface area (Å²) in [4.78, 5) is 5.30. The van der Waals surface area contributed by atoms with Crippen molar-refractivity contribution in [2.45, 2.75) is 60.3 Å². The molecule has 4 aromatic carbocycles. The van der Waals surface area contributed by atoms with E-state index in [1.165, 1.54) is 60.3 Å². The number of hydrogen-bond acceptors (Lipinski definition) is 2. The minimum atomic E-state index is 0.394. The van der Waals surface area contributed by atoms with Gasteiger partial charge in [-0.15, -0.1) is 11.3 Å². The molecule has 0 amide bonds. The Kier molecular flexibility index (Phi) is 6.43. The van der Waals surface area contributed by atoms with Crippen LogP contribution in [0.25, 0.3) is 49.3 Å². The largest absolute Gasteiger partial charge is 0.292 e. The van der Waals surface area contributed by atoms with Gasteiger partial charge in [0.2, 0.25) is 0 Å². The summed E-state index contributed by atoms with van der Waals surface area (Å²) < 4.78 is 3.73. The molecule has 196 valence electrons. The van der Waals surface area contributed by atoms with Crippen molar-refractivity contribution in [3.63, 3.8) is 0 Å². The molecule has 0 unspecified atom stereocenters. The third-order valence-electron chi connectivity index (χ3n) is 7.91. The maximum absolute atomic E-state index is 5.30. The highest BCUT2D eigenvalue weighted by Crippen LogP contribution is 2.42. The van der Waals surface area contributed by atoms with Gasteiger partial charge in [0, 0.05) is 21.0 Å². The number of thiophene rings is 1. The molecule has 2 aromatic heterocycles. The predicted octanol–water partition coefficient (Wildman–Crippen LogP) is 10.7. The normalized spacial score (nSPS) is 11.9. The van der Waals surface area contributed by atoms with Crippen molar-refractivity contribution in [2.24, 2.45) is 0 Å². The number of para-hydroxylation sites is 3. The quantitative estimate of drug-likeness (QED) is 0.218. The summed E-state index contributed by atoms with van der Waals surface area (Å²) >= 11 is 1.80.